The molecule has 0 spiro atoms. The monoisotopic (exact) mass is 537 g/mol. The minimum Gasteiger partial charge on any atom is -0.462 e. The van der Waals surface area contributed by atoms with Crippen molar-refractivity contribution in [2.45, 2.75) is 91.2 Å². The Balaban J connectivity index is 1.91. The van der Waals surface area contributed by atoms with E-state index in [1.165, 1.54) is 0 Å². The van der Waals surface area contributed by atoms with Crippen molar-refractivity contribution >= 4 is 17.4 Å². The van der Waals surface area contributed by atoms with Gasteiger partial charge >= 0.3 is 5.97 Å². The van der Waals surface area contributed by atoms with Crippen LogP contribution in [0.4, 0.5) is 5.69 Å². The van der Waals surface area contributed by atoms with E-state index >= 15 is 0 Å². The van der Waals surface area contributed by atoms with Gasteiger partial charge in [0.15, 0.2) is 0 Å². The van der Waals surface area contributed by atoms with Gasteiger partial charge in [-0.15, -0.1) is 0 Å². The van der Waals surface area contributed by atoms with Gasteiger partial charge in [0, 0.05) is 37.5 Å². The molecule has 0 radical (unpaired) electrons. The quantitative estimate of drug-likeness (QED) is 0.307. The number of rotatable bonds is 12. The second-order valence-corrected chi connectivity index (χ2v) is 10.8. The molecule has 2 heterocycles. The minimum absolute atomic E-state index is 0.0454. The number of aliphatic hydroxyl groups excluding tert-OH is 1. The van der Waals surface area contributed by atoms with E-state index < -0.39 is 18.1 Å². The number of esters is 1. The summed E-state index contributed by atoms with van der Waals surface area (Å²) in [4.78, 5) is 29.9. The van der Waals surface area contributed by atoms with E-state index in [-0.39, 0.29) is 17.8 Å². The van der Waals surface area contributed by atoms with Crippen molar-refractivity contribution in [3.63, 3.8) is 0 Å². The van der Waals surface area contributed by atoms with Gasteiger partial charge in [-0.3, -0.25) is 14.9 Å². The average Bonchev–Trinajstić information content (AvgIpc) is 3.39. The fourth-order valence-electron chi connectivity index (χ4n) is 4.67. The molecular formula is C31H43N3O5. The van der Waals surface area contributed by atoms with Crippen LogP contribution in [0.15, 0.2) is 52.4 Å². The molecule has 1 aliphatic rings. The summed E-state index contributed by atoms with van der Waals surface area (Å²) in [5, 5.41) is 13.3. The third-order valence-electron chi connectivity index (χ3n) is 6.88. The molecule has 0 saturated carbocycles. The van der Waals surface area contributed by atoms with E-state index in [0.29, 0.717) is 12.1 Å². The number of nitrogens with zero attached hydrogens (tertiary/aromatic N) is 2. The lowest BCUT2D eigenvalue weighted by Gasteiger charge is -2.21. The number of hydrogen-bond donors (Lipinski definition) is 2. The molecule has 1 aromatic carbocycles. The third-order valence-corrected chi connectivity index (χ3v) is 6.88. The number of carbonyl (C=O) groups excluding carboxylic acids is 1. The van der Waals surface area contributed by atoms with Gasteiger partial charge in [0.2, 0.25) is 0 Å². The number of allylic oxidation sites excluding steroid dienone is 1. The Labute approximate surface area is 231 Å². The molecule has 0 amide bonds. The first-order valence-corrected chi connectivity index (χ1v) is 13.7. The maximum atomic E-state index is 12.4. The van der Waals surface area contributed by atoms with E-state index in [4.69, 9.17) is 14.5 Å². The largest absolute Gasteiger partial charge is 0.462 e. The number of hydrogen-bond acceptors (Lipinski definition) is 7. The lowest BCUT2D eigenvalue weighted by molar-refractivity contribution is -0.152. The van der Waals surface area contributed by atoms with E-state index in [0.717, 1.165) is 66.0 Å². The standard InChI is InChI=1S/C31H43N3O5/c1-19(2)39-31(37)29(23(6)35)32-17-24-12-10-20(3)27(16-24)33-28(21(4)11-13-26-9-8-14-38-26)25-15-22(5)30(36)34(7)18-25/h10,12,15-16,18-19,23,26,29,32,35H,4,8-9,11,13-14,17H2,1-3,5-7H3/b33-28+/t23-,26+,29+/m1/s1. The van der Waals surface area contributed by atoms with E-state index in [2.05, 4.69) is 11.9 Å². The average molecular weight is 538 g/mol. The summed E-state index contributed by atoms with van der Waals surface area (Å²) in [5.74, 6) is -0.486. The highest BCUT2D eigenvalue weighted by atomic mass is 16.5. The molecule has 39 heavy (non-hydrogen) atoms. The van der Waals surface area contributed by atoms with Crippen LogP contribution in [0.3, 0.4) is 0 Å². The maximum absolute atomic E-state index is 12.4. The second-order valence-electron chi connectivity index (χ2n) is 10.8. The fourth-order valence-corrected chi connectivity index (χ4v) is 4.67. The van der Waals surface area contributed by atoms with Crippen molar-refractivity contribution in [2.24, 2.45) is 12.0 Å². The molecule has 1 fully saturated rings. The lowest BCUT2D eigenvalue weighted by atomic mass is 9.97. The Morgan fingerprint density at radius 2 is 2.00 bits per heavy atom. The normalized spacial score (nSPS) is 17.3. The van der Waals surface area contributed by atoms with Crippen LogP contribution in [-0.2, 0) is 27.9 Å². The van der Waals surface area contributed by atoms with Gasteiger partial charge in [-0.2, -0.15) is 0 Å². The van der Waals surface area contributed by atoms with Crippen LogP contribution < -0.4 is 10.9 Å². The highest BCUT2D eigenvalue weighted by molar-refractivity contribution is 6.13. The van der Waals surface area contributed by atoms with Gasteiger partial charge in [-0.05, 0) is 89.1 Å². The topological polar surface area (TPSA) is 102 Å². The molecule has 8 heteroatoms. The summed E-state index contributed by atoms with van der Waals surface area (Å²) in [5.41, 5.74) is 5.71. The molecule has 8 nitrogen and oxygen atoms in total. The molecular weight excluding hydrogens is 494 g/mol. The SMILES string of the molecule is C=C(CC[C@@H]1CCCO1)/C(=N\c1cc(CN[C@H](C(=O)OC(C)C)[C@@H](C)O)ccc1C)c1cc(C)c(=O)n(C)c1. The molecule has 1 aliphatic heterocycles. The van der Waals surface area contributed by atoms with Crippen LogP contribution in [0.25, 0.3) is 0 Å². The van der Waals surface area contributed by atoms with Crippen molar-refractivity contribution in [2.75, 3.05) is 6.61 Å². The van der Waals surface area contributed by atoms with Gasteiger partial charge in [0.25, 0.3) is 5.56 Å². The van der Waals surface area contributed by atoms with Crippen molar-refractivity contribution < 1.29 is 19.4 Å². The summed E-state index contributed by atoms with van der Waals surface area (Å²) >= 11 is 0. The number of nitrogens with one attached hydrogen (secondary N) is 1. The molecule has 212 valence electrons. The number of pyridine rings is 1. The van der Waals surface area contributed by atoms with Crippen LogP contribution >= 0.6 is 0 Å². The van der Waals surface area contributed by atoms with Crippen LogP contribution in [0.2, 0.25) is 0 Å². The number of aliphatic imine (C=N–C) groups is 1. The van der Waals surface area contributed by atoms with Crippen LogP contribution in [0.1, 0.15) is 68.7 Å². The first-order chi connectivity index (χ1) is 18.5. The first-order valence-electron chi connectivity index (χ1n) is 13.7. The summed E-state index contributed by atoms with van der Waals surface area (Å²) < 4.78 is 12.7. The second kappa shape index (κ2) is 13.8. The lowest BCUT2D eigenvalue weighted by Crippen LogP contribution is -2.46. The predicted octanol–water partition coefficient (Wildman–Crippen LogP) is 4.43. The van der Waals surface area contributed by atoms with Gasteiger partial charge in [0.05, 0.1) is 29.7 Å². The Morgan fingerprint density at radius 3 is 2.62 bits per heavy atom. The first kappa shape index (κ1) is 30.5. The fraction of sp³-hybridized carbons (Fsp3) is 0.516. The predicted molar refractivity (Wildman–Crippen MR) is 155 cm³/mol. The van der Waals surface area contributed by atoms with Crippen molar-refractivity contribution in [1.82, 2.24) is 9.88 Å². The van der Waals surface area contributed by atoms with Crippen molar-refractivity contribution in [1.29, 1.82) is 0 Å². The molecule has 0 aliphatic carbocycles. The van der Waals surface area contributed by atoms with Crippen LogP contribution in [-0.4, -0.2) is 52.3 Å². The Bertz CT molecular complexity index is 1230. The summed E-state index contributed by atoms with van der Waals surface area (Å²) in [6, 6.07) is 6.95. The molecule has 2 N–H and O–H groups in total. The molecule has 0 bridgehead atoms. The van der Waals surface area contributed by atoms with E-state index in [1.807, 2.05) is 31.2 Å². The van der Waals surface area contributed by atoms with Crippen molar-refractivity contribution in [3.05, 3.63) is 75.2 Å². The number of benzene rings is 1. The minimum atomic E-state index is -0.911. The van der Waals surface area contributed by atoms with Gasteiger partial charge in [-0.1, -0.05) is 18.7 Å². The highest BCUT2D eigenvalue weighted by Crippen LogP contribution is 2.26. The van der Waals surface area contributed by atoms with Crippen LogP contribution in [0.5, 0.6) is 0 Å². The number of carbonyl (C=O) groups is 1. The number of ether oxygens (including phenoxy) is 2. The third kappa shape index (κ3) is 8.46. The van der Waals surface area contributed by atoms with Gasteiger partial charge in [-0.25, -0.2) is 4.99 Å². The van der Waals surface area contributed by atoms with Crippen molar-refractivity contribution in [3.8, 4) is 0 Å². The molecule has 2 aromatic rings. The van der Waals surface area contributed by atoms with Crippen LogP contribution in [0, 0.1) is 13.8 Å². The number of aliphatic hydroxyl groups is 1. The zero-order chi connectivity index (χ0) is 28.7. The zero-order valence-electron chi connectivity index (χ0n) is 24.1. The number of aryl methyl sites for hydroxylation is 3. The Morgan fingerprint density at radius 1 is 1.26 bits per heavy atom. The smallest absolute Gasteiger partial charge is 0.326 e. The van der Waals surface area contributed by atoms with Gasteiger partial charge in [0.1, 0.15) is 6.04 Å². The highest BCUT2D eigenvalue weighted by Gasteiger charge is 2.25. The summed E-state index contributed by atoms with van der Waals surface area (Å²) in [6.45, 7) is 14.5. The maximum Gasteiger partial charge on any atom is 0.326 e. The molecule has 1 saturated heterocycles. The Kier molecular flexibility index (Phi) is 10.8. The molecule has 1 aromatic heterocycles. The molecule has 0 unspecified atom stereocenters. The number of aromatic nitrogens is 1. The Hall–Kier alpha value is -3.07. The molecule has 3 atom stereocenters. The summed E-state index contributed by atoms with van der Waals surface area (Å²) in [7, 11) is 1.74. The zero-order valence-corrected chi connectivity index (χ0v) is 24.1. The molecule has 3 rings (SSSR count). The summed E-state index contributed by atoms with van der Waals surface area (Å²) in [6.07, 6.45) is 4.62. The van der Waals surface area contributed by atoms with E-state index in [9.17, 15) is 14.7 Å². The van der Waals surface area contributed by atoms with E-state index in [1.54, 1.807) is 45.5 Å². The van der Waals surface area contributed by atoms with Gasteiger partial charge < -0.3 is 19.1 Å².